The maximum atomic E-state index is 11.6. The third-order valence-corrected chi connectivity index (χ3v) is 1.36. The van der Waals surface area contributed by atoms with Gasteiger partial charge in [-0.1, -0.05) is 0 Å². The molecule has 15 heavy (non-hydrogen) atoms. The summed E-state index contributed by atoms with van der Waals surface area (Å²) in [7, 11) is 0. The van der Waals surface area contributed by atoms with E-state index in [1.54, 1.807) is 5.32 Å². The predicted molar refractivity (Wildman–Crippen MR) is 45.7 cm³/mol. The molecule has 0 aliphatic carbocycles. The van der Waals surface area contributed by atoms with E-state index in [-0.39, 0.29) is 32.0 Å². The van der Waals surface area contributed by atoms with Gasteiger partial charge in [-0.15, -0.1) is 0 Å². The first kappa shape index (κ1) is 13.7. The summed E-state index contributed by atoms with van der Waals surface area (Å²) in [6, 6.07) is 0. The van der Waals surface area contributed by atoms with Crippen LogP contribution in [0.2, 0.25) is 0 Å². The normalized spacial score (nSPS) is 10.9. The molecule has 0 atom stereocenters. The lowest BCUT2D eigenvalue weighted by atomic mass is 10.4. The Morgan fingerprint density at radius 2 is 1.67 bits per heavy atom. The Kier molecular flexibility index (Phi) is 5.68. The minimum absolute atomic E-state index is 0.0549. The molecular formula is C7H12F3N3O2. The number of amides is 2. The second-order valence-corrected chi connectivity index (χ2v) is 2.64. The van der Waals surface area contributed by atoms with Crippen molar-refractivity contribution in [1.82, 2.24) is 10.6 Å². The van der Waals surface area contributed by atoms with Gasteiger partial charge in [0, 0.05) is 26.1 Å². The number of hydrogen-bond acceptors (Lipinski definition) is 3. The molecule has 8 heteroatoms. The van der Waals surface area contributed by atoms with Gasteiger partial charge in [-0.25, -0.2) is 0 Å². The largest absolute Gasteiger partial charge is 0.471 e. The van der Waals surface area contributed by atoms with Gasteiger partial charge in [-0.05, 0) is 0 Å². The van der Waals surface area contributed by atoms with Crippen LogP contribution in [-0.2, 0) is 9.59 Å². The van der Waals surface area contributed by atoms with E-state index >= 15 is 0 Å². The second kappa shape index (κ2) is 6.23. The second-order valence-electron chi connectivity index (χ2n) is 2.64. The van der Waals surface area contributed by atoms with Crippen LogP contribution in [0, 0.1) is 0 Å². The molecule has 0 aromatic rings. The van der Waals surface area contributed by atoms with Crippen molar-refractivity contribution in [1.29, 1.82) is 0 Å². The Morgan fingerprint density at radius 3 is 2.13 bits per heavy atom. The molecule has 2 amide bonds. The summed E-state index contributed by atoms with van der Waals surface area (Å²) in [6.07, 6.45) is -4.78. The molecule has 0 radical (unpaired) electrons. The Morgan fingerprint density at radius 1 is 1.13 bits per heavy atom. The minimum Gasteiger partial charge on any atom is -0.354 e. The first-order valence-corrected chi connectivity index (χ1v) is 4.19. The fraction of sp³-hybridized carbons (Fsp3) is 0.714. The summed E-state index contributed by atoms with van der Waals surface area (Å²) in [6.45, 7) is -0.157. The zero-order chi connectivity index (χ0) is 11.9. The van der Waals surface area contributed by atoms with Crippen molar-refractivity contribution in [2.75, 3.05) is 19.6 Å². The zero-order valence-corrected chi connectivity index (χ0v) is 7.86. The SMILES string of the molecule is NCCC(=O)NCCNC(=O)C(F)(F)F. The van der Waals surface area contributed by atoms with Crippen molar-refractivity contribution in [2.24, 2.45) is 5.73 Å². The standard InChI is InChI=1S/C7H12F3N3O2/c8-7(9,10)6(15)13-4-3-12-5(14)1-2-11/h1-4,11H2,(H,12,14)(H,13,15). The minimum atomic E-state index is -4.89. The Bertz CT molecular complexity index is 230. The van der Waals surface area contributed by atoms with Crippen molar-refractivity contribution in [3.05, 3.63) is 0 Å². The van der Waals surface area contributed by atoms with E-state index in [2.05, 4.69) is 5.32 Å². The molecule has 0 fully saturated rings. The first-order valence-electron chi connectivity index (χ1n) is 4.19. The zero-order valence-electron chi connectivity index (χ0n) is 7.86. The van der Waals surface area contributed by atoms with E-state index < -0.39 is 12.1 Å². The Balaban J connectivity index is 3.55. The van der Waals surface area contributed by atoms with Crippen LogP contribution in [0.4, 0.5) is 13.2 Å². The molecule has 0 unspecified atom stereocenters. The topological polar surface area (TPSA) is 84.2 Å². The predicted octanol–water partition coefficient (Wildman–Crippen LogP) is -0.870. The Labute approximate surface area is 84.2 Å². The molecule has 0 bridgehead atoms. The molecule has 0 aliphatic heterocycles. The van der Waals surface area contributed by atoms with Crippen molar-refractivity contribution in [3.8, 4) is 0 Å². The van der Waals surface area contributed by atoms with E-state index in [1.807, 2.05) is 0 Å². The van der Waals surface area contributed by atoms with Gasteiger partial charge < -0.3 is 16.4 Å². The maximum absolute atomic E-state index is 11.6. The lowest BCUT2D eigenvalue weighted by Gasteiger charge is -2.08. The molecule has 0 saturated carbocycles. The molecular weight excluding hydrogens is 215 g/mol. The molecule has 4 N–H and O–H groups in total. The van der Waals surface area contributed by atoms with E-state index in [9.17, 15) is 22.8 Å². The van der Waals surface area contributed by atoms with Crippen LogP contribution in [0.25, 0.3) is 0 Å². The number of halogens is 3. The summed E-state index contributed by atoms with van der Waals surface area (Å²) in [5.41, 5.74) is 5.06. The summed E-state index contributed by atoms with van der Waals surface area (Å²) in [5, 5.41) is 3.90. The molecule has 0 rings (SSSR count). The van der Waals surface area contributed by atoms with Gasteiger partial charge >= 0.3 is 12.1 Å². The number of alkyl halides is 3. The van der Waals surface area contributed by atoms with Crippen molar-refractivity contribution in [2.45, 2.75) is 12.6 Å². The molecule has 0 aromatic carbocycles. The average Bonchev–Trinajstić information content (AvgIpc) is 2.11. The highest BCUT2D eigenvalue weighted by Crippen LogP contribution is 2.13. The summed E-state index contributed by atoms with van der Waals surface area (Å²) >= 11 is 0. The lowest BCUT2D eigenvalue weighted by Crippen LogP contribution is -2.41. The first-order chi connectivity index (χ1) is 6.88. The molecule has 0 heterocycles. The summed E-state index contributed by atoms with van der Waals surface area (Å²) < 4.78 is 34.9. The molecule has 5 nitrogen and oxygen atoms in total. The smallest absolute Gasteiger partial charge is 0.354 e. The van der Waals surface area contributed by atoms with E-state index in [0.717, 1.165) is 0 Å². The number of hydrogen-bond donors (Lipinski definition) is 3. The molecule has 88 valence electrons. The summed E-state index contributed by atoms with van der Waals surface area (Å²) in [5.74, 6) is -2.38. The van der Waals surface area contributed by atoms with Crippen molar-refractivity contribution < 1.29 is 22.8 Å². The van der Waals surface area contributed by atoms with Crippen LogP contribution in [0.15, 0.2) is 0 Å². The van der Waals surface area contributed by atoms with Crippen molar-refractivity contribution >= 4 is 11.8 Å². The van der Waals surface area contributed by atoms with Crippen LogP contribution >= 0.6 is 0 Å². The highest BCUT2D eigenvalue weighted by molar-refractivity contribution is 5.81. The highest BCUT2D eigenvalue weighted by atomic mass is 19.4. The van der Waals surface area contributed by atoms with Crippen molar-refractivity contribution in [3.63, 3.8) is 0 Å². The van der Waals surface area contributed by atoms with Crippen LogP contribution in [-0.4, -0.2) is 37.6 Å². The lowest BCUT2D eigenvalue weighted by molar-refractivity contribution is -0.173. The summed E-state index contributed by atoms with van der Waals surface area (Å²) in [4.78, 5) is 21.0. The van der Waals surface area contributed by atoms with Gasteiger partial charge in [0.2, 0.25) is 5.91 Å². The van der Waals surface area contributed by atoms with Gasteiger partial charge in [0.1, 0.15) is 0 Å². The van der Waals surface area contributed by atoms with E-state index in [1.165, 1.54) is 0 Å². The van der Waals surface area contributed by atoms with Crippen LogP contribution < -0.4 is 16.4 Å². The third kappa shape index (κ3) is 6.72. The fourth-order valence-corrected chi connectivity index (χ4v) is 0.698. The van der Waals surface area contributed by atoms with Gasteiger partial charge in [-0.2, -0.15) is 13.2 Å². The van der Waals surface area contributed by atoms with Gasteiger partial charge in [0.25, 0.3) is 0 Å². The fourth-order valence-electron chi connectivity index (χ4n) is 0.698. The van der Waals surface area contributed by atoms with Crippen LogP contribution in [0.3, 0.4) is 0 Å². The number of carbonyl (C=O) groups excluding carboxylic acids is 2. The number of nitrogens with two attached hydrogens (primary N) is 1. The number of rotatable bonds is 5. The quantitative estimate of drug-likeness (QED) is 0.534. The molecule has 0 aliphatic rings. The third-order valence-electron chi connectivity index (χ3n) is 1.36. The highest BCUT2D eigenvalue weighted by Gasteiger charge is 2.38. The van der Waals surface area contributed by atoms with Gasteiger partial charge in [0.15, 0.2) is 0 Å². The molecule has 0 spiro atoms. The van der Waals surface area contributed by atoms with E-state index in [4.69, 9.17) is 5.73 Å². The number of nitrogens with one attached hydrogen (secondary N) is 2. The Hall–Kier alpha value is -1.31. The number of carbonyl (C=O) groups is 2. The van der Waals surface area contributed by atoms with Gasteiger partial charge in [0.05, 0.1) is 0 Å². The monoisotopic (exact) mass is 227 g/mol. The molecule has 0 saturated heterocycles. The van der Waals surface area contributed by atoms with Crippen LogP contribution in [0.5, 0.6) is 0 Å². The maximum Gasteiger partial charge on any atom is 0.471 e. The average molecular weight is 227 g/mol. The molecule has 0 aromatic heterocycles. The van der Waals surface area contributed by atoms with E-state index in [0.29, 0.717) is 0 Å². The van der Waals surface area contributed by atoms with Gasteiger partial charge in [-0.3, -0.25) is 9.59 Å². The van der Waals surface area contributed by atoms with Crippen LogP contribution in [0.1, 0.15) is 6.42 Å².